The van der Waals surface area contributed by atoms with Gasteiger partial charge in [-0.05, 0) is 64.1 Å². The molecular formula is C23H26F3N5O3S. The quantitative estimate of drug-likeness (QED) is 0.227. The minimum Gasteiger partial charge on any atom is -0.339 e. The lowest BCUT2D eigenvalue weighted by Gasteiger charge is -2.17. The zero-order valence-electron chi connectivity index (χ0n) is 19.6. The van der Waals surface area contributed by atoms with Gasteiger partial charge in [-0.1, -0.05) is 0 Å². The first kappa shape index (κ1) is 27.6. The lowest BCUT2D eigenvalue weighted by atomic mass is 10.1. The summed E-state index contributed by atoms with van der Waals surface area (Å²) in [7, 11) is 0. The summed E-state index contributed by atoms with van der Waals surface area (Å²) < 4.78 is 38.2. The molecule has 1 aromatic carbocycles. The highest BCUT2D eigenvalue weighted by atomic mass is 32.1. The topological polar surface area (TPSA) is 114 Å². The molecule has 35 heavy (non-hydrogen) atoms. The number of anilines is 1. The third-order valence-corrected chi connectivity index (χ3v) is 5.97. The fourth-order valence-corrected chi connectivity index (χ4v) is 3.94. The van der Waals surface area contributed by atoms with Crippen molar-refractivity contribution < 1.29 is 27.6 Å². The highest BCUT2D eigenvalue weighted by Crippen LogP contribution is 2.30. The van der Waals surface area contributed by atoms with Crippen molar-refractivity contribution in [3.63, 3.8) is 0 Å². The van der Waals surface area contributed by atoms with Crippen LogP contribution in [0.25, 0.3) is 0 Å². The number of alkyl halides is 3. The molecule has 0 spiro atoms. The van der Waals surface area contributed by atoms with E-state index in [1.54, 1.807) is 11.0 Å². The molecule has 0 saturated heterocycles. The van der Waals surface area contributed by atoms with E-state index in [9.17, 15) is 27.6 Å². The highest BCUT2D eigenvalue weighted by Gasteiger charge is 2.30. The SMILES string of the molecule is CCN(CC)C(=O)c1ccc(C(=O)NN/C(C)=C(/C(C)=N)C(=O)Nc2ccc(C(F)(F)F)cc2)s1. The summed E-state index contributed by atoms with van der Waals surface area (Å²) in [5.41, 5.74) is 4.18. The Labute approximate surface area is 204 Å². The van der Waals surface area contributed by atoms with E-state index in [1.807, 2.05) is 13.8 Å². The summed E-state index contributed by atoms with van der Waals surface area (Å²) >= 11 is 1.02. The lowest BCUT2D eigenvalue weighted by molar-refractivity contribution is -0.137. The number of halogens is 3. The molecule has 0 atom stereocenters. The molecule has 1 aromatic heterocycles. The van der Waals surface area contributed by atoms with Crippen molar-refractivity contribution in [1.29, 1.82) is 5.41 Å². The molecule has 8 nitrogen and oxygen atoms in total. The number of nitrogens with one attached hydrogen (secondary N) is 4. The largest absolute Gasteiger partial charge is 0.416 e. The van der Waals surface area contributed by atoms with E-state index in [2.05, 4.69) is 16.2 Å². The number of nitrogens with zero attached hydrogens (tertiary/aromatic N) is 1. The van der Waals surface area contributed by atoms with Gasteiger partial charge in [-0.25, -0.2) is 0 Å². The third-order valence-electron chi connectivity index (χ3n) is 4.90. The predicted molar refractivity (Wildman–Crippen MR) is 128 cm³/mol. The van der Waals surface area contributed by atoms with Crippen LogP contribution in [0.4, 0.5) is 18.9 Å². The summed E-state index contributed by atoms with van der Waals surface area (Å²) in [5, 5.41) is 10.4. The van der Waals surface area contributed by atoms with Crippen LogP contribution in [0.2, 0.25) is 0 Å². The van der Waals surface area contributed by atoms with Crippen molar-refractivity contribution in [2.45, 2.75) is 33.9 Å². The van der Waals surface area contributed by atoms with Gasteiger partial charge in [0.25, 0.3) is 17.7 Å². The van der Waals surface area contributed by atoms with Gasteiger partial charge >= 0.3 is 6.18 Å². The Balaban J connectivity index is 2.09. The first-order valence-corrected chi connectivity index (χ1v) is 11.4. The first-order valence-electron chi connectivity index (χ1n) is 10.6. The number of amides is 3. The van der Waals surface area contributed by atoms with Gasteiger partial charge in [-0.3, -0.25) is 19.8 Å². The minimum atomic E-state index is -4.50. The number of hydrazine groups is 1. The van der Waals surface area contributed by atoms with Crippen LogP contribution in [-0.4, -0.2) is 41.4 Å². The van der Waals surface area contributed by atoms with Crippen LogP contribution in [0, 0.1) is 5.41 Å². The van der Waals surface area contributed by atoms with E-state index in [1.165, 1.54) is 19.9 Å². The van der Waals surface area contributed by atoms with Crippen LogP contribution >= 0.6 is 11.3 Å². The molecule has 2 rings (SSSR count). The van der Waals surface area contributed by atoms with Crippen molar-refractivity contribution in [1.82, 2.24) is 15.8 Å². The fraction of sp³-hybridized carbons (Fsp3) is 0.304. The Morgan fingerprint density at radius 3 is 2.03 bits per heavy atom. The Bertz CT molecular complexity index is 1140. The van der Waals surface area contributed by atoms with Gasteiger partial charge in [0.1, 0.15) is 0 Å². The van der Waals surface area contributed by atoms with Crippen LogP contribution in [0.1, 0.15) is 52.6 Å². The average Bonchev–Trinajstić information content (AvgIpc) is 3.28. The van der Waals surface area contributed by atoms with Crippen molar-refractivity contribution >= 4 is 40.5 Å². The first-order chi connectivity index (χ1) is 16.4. The molecule has 0 aliphatic carbocycles. The van der Waals surface area contributed by atoms with E-state index < -0.39 is 23.6 Å². The number of rotatable bonds is 9. The van der Waals surface area contributed by atoms with Crippen molar-refractivity contribution in [3.8, 4) is 0 Å². The summed E-state index contributed by atoms with van der Waals surface area (Å²) in [4.78, 5) is 39.9. The summed E-state index contributed by atoms with van der Waals surface area (Å²) in [6.07, 6.45) is -4.50. The Hall–Kier alpha value is -3.67. The van der Waals surface area contributed by atoms with Crippen LogP contribution in [0.5, 0.6) is 0 Å². The van der Waals surface area contributed by atoms with E-state index in [4.69, 9.17) is 5.41 Å². The second kappa shape index (κ2) is 11.6. The average molecular weight is 510 g/mol. The van der Waals surface area contributed by atoms with Gasteiger partial charge in [-0.2, -0.15) is 13.2 Å². The molecule has 0 saturated carbocycles. The molecular weight excluding hydrogens is 483 g/mol. The number of allylic oxidation sites excluding steroid dienone is 1. The normalized spacial score (nSPS) is 11.9. The molecule has 4 N–H and O–H groups in total. The number of benzene rings is 1. The van der Waals surface area contributed by atoms with E-state index in [0.717, 1.165) is 35.6 Å². The summed E-state index contributed by atoms with van der Waals surface area (Å²) in [5.74, 6) is -1.46. The second-order valence-corrected chi connectivity index (χ2v) is 8.46. The number of hydrogen-bond donors (Lipinski definition) is 4. The van der Waals surface area contributed by atoms with Gasteiger partial charge in [0.05, 0.1) is 20.9 Å². The maximum Gasteiger partial charge on any atom is 0.416 e. The minimum absolute atomic E-state index is 0.103. The van der Waals surface area contributed by atoms with Crippen LogP contribution < -0.4 is 16.2 Å². The van der Waals surface area contributed by atoms with Crippen molar-refractivity contribution in [2.24, 2.45) is 0 Å². The highest BCUT2D eigenvalue weighted by molar-refractivity contribution is 7.15. The number of carbonyl (C=O) groups is 3. The molecule has 12 heteroatoms. The maximum absolute atomic E-state index is 12.7. The summed E-state index contributed by atoms with van der Waals surface area (Å²) in [6, 6.07) is 6.96. The molecule has 0 bridgehead atoms. The number of hydrogen-bond acceptors (Lipinski definition) is 6. The monoisotopic (exact) mass is 509 g/mol. The second-order valence-electron chi connectivity index (χ2n) is 7.37. The van der Waals surface area contributed by atoms with Gasteiger partial charge < -0.3 is 21.1 Å². The standard InChI is InChI=1S/C23H26F3N5O3S/c1-5-31(6-2)22(34)18-12-11-17(35-18)20(32)30-29-14(4)19(13(3)27)21(33)28-16-9-7-15(8-10-16)23(24,25)26/h7-12,27,29H,5-6H2,1-4H3,(H,28,33)(H,30,32)/b19-14-,27-13?. The van der Waals surface area contributed by atoms with Crippen molar-refractivity contribution in [3.05, 3.63) is 63.0 Å². The zero-order chi connectivity index (χ0) is 26.3. The van der Waals surface area contributed by atoms with Crippen molar-refractivity contribution in [2.75, 3.05) is 18.4 Å². The number of thiophene rings is 1. The molecule has 3 amide bonds. The van der Waals surface area contributed by atoms with Crippen LogP contribution in [0.15, 0.2) is 47.7 Å². The smallest absolute Gasteiger partial charge is 0.339 e. The van der Waals surface area contributed by atoms with Gasteiger partial charge in [0.2, 0.25) is 0 Å². The van der Waals surface area contributed by atoms with Gasteiger partial charge in [0, 0.05) is 30.2 Å². The fourth-order valence-electron chi connectivity index (χ4n) is 3.07. The molecule has 0 radical (unpaired) electrons. The predicted octanol–water partition coefficient (Wildman–Crippen LogP) is 4.44. The number of carbonyl (C=O) groups excluding carboxylic acids is 3. The molecule has 188 valence electrons. The molecule has 1 heterocycles. The Kier molecular flexibility index (Phi) is 9.18. The molecule has 0 fully saturated rings. The van der Waals surface area contributed by atoms with Crippen LogP contribution in [-0.2, 0) is 11.0 Å². The third kappa shape index (κ3) is 7.15. The summed E-state index contributed by atoms with van der Waals surface area (Å²) in [6.45, 7) is 7.63. The zero-order valence-corrected chi connectivity index (χ0v) is 20.4. The van der Waals surface area contributed by atoms with E-state index in [-0.39, 0.29) is 33.5 Å². The Morgan fingerprint density at radius 1 is 0.943 bits per heavy atom. The van der Waals surface area contributed by atoms with Gasteiger partial charge in [0.15, 0.2) is 0 Å². The molecule has 0 aliphatic rings. The van der Waals surface area contributed by atoms with E-state index in [0.29, 0.717) is 18.0 Å². The molecule has 0 aliphatic heterocycles. The van der Waals surface area contributed by atoms with Crippen LogP contribution in [0.3, 0.4) is 0 Å². The lowest BCUT2D eigenvalue weighted by Crippen LogP contribution is -2.38. The maximum atomic E-state index is 12.7. The van der Waals surface area contributed by atoms with E-state index >= 15 is 0 Å². The molecule has 0 unspecified atom stereocenters. The molecule has 2 aromatic rings. The Morgan fingerprint density at radius 2 is 1.51 bits per heavy atom. The van der Waals surface area contributed by atoms with Gasteiger partial charge in [-0.15, -0.1) is 11.3 Å².